The maximum absolute atomic E-state index is 5.49. The summed E-state index contributed by atoms with van der Waals surface area (Å²) in [5.74, 6) is 1.95. The molecule has 1 aliphatic heterocycles. The number of hydrogen-bond acceptors (Lipinski definition) is 2. The van der Waals surface area contributed by atoms with Crippen molar-refractivity contribution in [2.24, 2.45) is 10.9 Å². The molecule has 1 unspecified atom stereocenters. The predicted octanol–water partition coefficient (Wildman–Crippen LogP) is 4.37. The zero-order valence-corrected chi connectivity index (χ0v) is 19.2. The van der Waals surface area contributed by atoms with Gasteiger partial charge in [-0.15, -0.1) is 24.0 Å². The molecule has 1 atom stereocenters. The minimum absolute atomic E-state index is 0. The normalized spacial score (nSPS) is 16.7. The van der Waals surface area contributed by atoms with E-state index >= 15 is 0 Å². The summed E-state index contributed by atoms with van der Waals surface area (Å²) in [6.45, 7) is 3.62. The van der Waals surface area contributed by atoms with Crippen molar-refractivity contribution in [3.05, 3.63) is 71.8 Å². The molecule has 0 aromatic heterocycles. The lowest BCUT2D eigenvalue weighted by molar-refractivity contribution is 0.181. The van der Waals surface area contributed by atoms with Gasteiger partial charge >= 0.3 is 0 Å². The van der Waals surface area contributed by atoms with Crippen molar-refractivity contribution in [3.63, 3.8) is 0 Å². The van der Waals surface area contributed by atoms with E-state index < -0.39 is 0 Å². The topological polar surface area (TPSA) is 36.9 Å². The van der Waals surface area contributed by atoms with Gasteiger partial charge in [0.2, 0.25) is 0 Å². The first kappa shape index (κ1) is 22.7. The van der Waals surface area contributed by atoms with E-state index in [-0.39, 0.29) is 24.0 Å². The van der Waals surface area contributed by atoms with Crippen LogP contribution in [0.2, 0.25) is 0 Å². The SMILES string of the molecule is CN=C(NCCC(c1ccccc1)c1ccccc1)N(C)CC1CCOC1.I. The van der Waals surface area contributed by atoms with Gasteiger partial charge in [0, 0.05) is 45.6 Å². The van der Waals surface area contributed by atoms with Gasteiger partial charge in [0.25, 0.3) is 0 Å². The average Bonchev–Trinajstić information content (AvgIpc) is 3.22. The quantitative estimate of drug-likeness (QED) is 0.354. The summed E-state index contributed by atoms with van der Waals surface area (Å²) in [6, 6.07) is 21.5. The molecule has 0 radical (unpaired) electrons. The minimum Gasteiger partial charge on any atom is -0.381 e. The van der Waals surface area contributed by atoms with E-state index in [9.17, 15) is 0 Å². The van der Waals surface area contributed by atoms with Gasteiger partial charge in [0.1, 0.15) is 0 Å². The Balaban J connectivity index is 0.00000280. The first-order chi connectivity index (χ1) is 13.3. The minimum atomic E-state index is 0. The van der Waals surface area contributed by atoms with Crippen LogP contribution in [0, 0.1) is 5.92 Å². The second-order valence-electron chi connectivity index (χ2n) is 7.25. The van der Waals surface area contributed by atoms with Crippen LogP contribution >= 0.6 is 24.0 Å². The number of nitrogens with one attached hydrogen (secondary N) is 1. The third kappa shape index (κ3) is 6.48. The largest absolute Gasteiger partial charge is 0.381 e. The van der Waals surface area contributed by atoms with Crippen LogP contribution < -0.4 is 5.32 Å². The molecule has 1 heterocycles. The van der Waals surface area contributed by atoms with E-state index in [0.717, 1.165) is 45.1 Å². The highest BCUT2D eigenvalue weighted by Gasteiger charge is 2.19. The average molecular weight is 493 g/mol. The van der Waals surface area contributed by atoms with Crippen molar-refractivity contribution in [1.29, 1.82) is 0 Å². The van der Waals surface area contributed by atoms with Crippen molar-refractivity contribution < 1.29 is 4.74 Å². The summed E-state index contributed by atoms with van der Waals surface area (Å²) in [7, 11) is 3.97. The summed E-state index contributed by atoms with van der Waals surface area (Å²) >= 11 is 0. The molecule has 152 valence electrons. The first-order valence-electron chi connectivity index (χ1n) is 9.87. The van der Waals surface area contributed by atoms with E-state index in [0.29, 0.717) is 11.8 Å². The molecule has 1 N–H and O–H groups in total. The number of halogens is 1. The molecule has 4 nitrogen and oxygen atoms in total. The summed E-state index contributed by atoms with van der Waals surface area (Å²) in [5, 5.41) is 3.55. The molecule has 2 aromatic carbocycles. The van der Waals surface area contributed by atoms with Crippen LogP contribution in [0.15, 0.2) is 65.7 Å². The molecular weight excluding hydrogens is 461 g/mol. The molecule has 0 amide bonds. The van der Waals surface area contributed by atoms with Crippen LogP contribution in [0.5, 0.6) is 0 Å². The lowest BCUT2D eigenvalue weighted by Gasteiger charge is -2.25. The third-order valence-corrected chi connectivity index (χ3v) is 5.25. The molecule has 0 saturated carbocycles. The fourth-order valence-corrected chi connectivity index (χ4v) is 3.81. The number of benzene rings is 2. The van der Waals surface area contributed by atoms with Crippen molar-refractivity contribution in [2.75, 3.05) is 40.4 Å². The van der Waals surface area contributed by atoms with Gasteiger partial charge in [-0.05, 0) is 24.0 Å². The number of aliphatic imine (C=N–C) groups is 1. The van der Waals surface area contributed by atoms with Gasteiger partial charge in [-0.1, -0.05) is 60.7 Å². The first-order valence-corrected chi connectivity index (χ1v) is 9.87. The monoisotopic (exact) mass is 493 g/mol. The van der Waals surface area contributed by atoms with E-state index in [1.807, 2.05) is 7.05 Å². The molecular formula is C23H32IN3O. The molecule has 3 rings (SSSR count). The molecule has 1 fully saturated rings. The standard InChI is InChI=1S/C23H31N3O.HI/c1-24-23(26(2)17-19-14-16-27-18-19)25-15-13-22(20-9-5-3-6-10-20)21-11-7-4-8-12-21;/h3-12,19,22H,13-18H2,1-2H3,(H,24,25);1H. The van der Waals surface area contributed by atoms with Crippen molar-refractivity contribution in [3.8, 4) is 0 Å². The Morgan fingerprint density at radius 2 is 1.71 bits per heavy atom. The fraction of sp³-hybridized carbons (Fsp3) is 0.435. The number of guanidine groups is 1. The van der Waals surface area contributed by atoms with E-state index in [4.69, 9.17) is 4.74 Å². The zero-order valence-electron chi connectivity index (χ0n) is 16.9. The van der Waals surface area contributed by atoms with E-state index in [1.165, 1.54) is 11.1 Å². The Kier molecular flexibility index (Phi) is 9.78. The molecule has 0 spiro atoms. The summed E-state index contributed by atoms with van der Waals surface area (Å²) in [6.07, 6.45) is 2.17. The summed E-state index contributed by atoms with van der Waals surface area (Å²) in [4.78, 5) is 6.68. The molecule has 1 saturated heterocycles. The maximum atomic E-state index is 5.49. The van der Waals surface area contributed by atoms with Gasteiger partial charge in [-0.25, -0.2) is 0 Å². The van der Waals surface area contributed by atoms with Crippen molar-refractivity contribution in [2.45, 2.75) is 18.8 Å². The number of ether oxygens (including phenoxy) is 1. The molecule has 28 heavy (non-hydrogen) atoms. The second kappa shape index (κ2) is 12.1. The Labute approximate surface area is 186 Å². The highest BCUT2D eigenvalue weighted by atomic mass is 127. The van der Waals surface area contributed by atoms with Gasteiger partial charge in [-0.2, -0.15) is 0 Å². The molecule has 0 aliphatic carbocycles. The lowest BCUT2D eigenvalue weighted by atomic mass is 9.88. The predicted molar refractivity (Wildman–Crippen MR) is 128 cm³/mol. The zero-order chi connectivity index (χ0) is 18.9. The van der Waals surface area contributed by atoms with E-state index in [1.54, 1.807) is 0 Å². The molecule has 2 aromatic rings. The smallest absolute Gasteiger partial charge is 0.193 e. The van der Waals surface area contributed by atoms with Crippen LogP contribution in [0.25, 0.3) is 0 Å². The van der Waals surface area contributed by atoms with Crippen LogP contribution in [0.3, 0.4) is 0 Å². The molecule has 0 bridgehead atoms. The summed E-state index contributed by atoms with van der Waals surface area (Å²) in [5.41, 5.74) is 2.72. The van der Waals surface area contributed by atoms with Gasteiger partial charge in [0.15, 0.2) is 5.96 Å². The van der Waals surface area contributed by atoms with Gasteiger partial charge < -0.3 is 15.0 Å². The Bertz CT molecular complexity index is 663. The highest BCUT2D eigenvalue weighted by molar-refractivity contribution is 14.0. The molecule has 1 aliphatic rings. The van der Waals surface area contributed by atoms with Gasteiger partial charge in [0.05, 0.1) is 6.61 Å². The number of hydrogen-bond donors (Lipinski definition) is 1. The Hall–Kier alpha value is -1.60. The lowest BCUT2D eigenvalue weighted by Crippen LogP contribution is -2.42. The Morgan fingerprint density at radius 1 is 1.11 bits per heavy atom. The summed E-state index contributed by atoms with van der Waals surface area (Å²) < 4.78 is 5.49. The fourth-order valence-electron chi connectivity index (χ4n) is 3.81. The Morgan fingerprint density at radius 3 is 2.21 bits per heavy atom. The second-order valence-corrected chi connectivity index (χ2v) is 7.25. The van der Waals surface area contributed by atoms with Crippen molar-refractivity contribution in [1.82, 2.24) is 10.2 Å². The van der Waals surface area contributed by atoms with Crippen molar-refractivity contribution >= 4 is 29.9 Å². The van der Waals surface area contributed by atoms with Crippen LogP contribution in [0.4, 0.5) is 0 Å². The molecule has 5 heteroatoms. The number of rotatable bonds is 7. The van der Waals surface area contributed by atoms with E-state index in [2.05, 4.69) is 82.9 Å². The highest BCUT2D eigenvalue weighted by Crippen LogP contribution is 2.27. The third-order valence-electron chi connectivity index (χ3n) is 5.25. The number of nitrogens with zero attached hydrogens (tertiary/aromatic N) is 2. The van der Waals surface area contributed by atoms with Gasteiger partial charge in [-0.3, -0.25) is 4.99 Å². The van der Waals surface area contributed by atoms with Crippen LogP contribution in [-0.4, -0.2) is 51.3 Å². The van der Waals surface area contributed by atoms with Crippen LogP contribution in [0.1, 0.15) is 29.9 Å². The maximum Gasteiger partial charge on any atom is 0.193 e. The van der Waals surface area contributed by atoms with Crippen LogP contribution in [-0.2, 0) is 4.74 Å².